The van der Waals surface area contributed by atoms with Gasteiger partial charge < -0.3 is 25.8 Å². The van der Waals surface area contributed by atoms with E-state index in [0.717, 1.165) is 11.1 Å². The van der Waals surface area contributed by atoms with Crippen molar-refractivity contribution in [1.82, 2.24) is 10.6 Å². The Balaban J connectivity index is 2.40. The van der Waals surface area contributed by atoms with Crippen LogP contribution in [0.2, 0.25) is 0 Å². The van der Waals surface area contributed by atoms with Crippen LogP contribution in [-0.4, -0.2) is 38.9 Å². The molecule has 0 saturated heterocycles. The third kappa shape index (κ3) is 5.90. The Kier molecular flexibility index (Phi) is 7.38. The molecule has 0 atom stereocenters. The van der Waals surface area contributed by atoms with Gasteiger partial charge in [0.05, 0.1) is 6.54 Å². The second-order valence-corrected chi connectivity index (χ2v) is 4.32. The van der Waals surface area contributed by atoms with Gasteiger partial charge in [-0.3, -0.25) is 9.59 Å². The van der Waals surface area contributed by atoms with Gasteiger partial charge in [-0.1, -0.05) is 24.3 Å². The van der Waals surface area contributed by atoms with Crippen LogP contribution in [0.3, 0.4) is 0 Å². The van der Waals surface area contributed by atoms with Crippen LogP contribution in [0.15, 0.2) is 24.3 Å². The molecule has 0 heterocycles. The lowest BCUT2D eigenvalue weighted by Gasteiger charge is -2.13. The normalized spacial score (nSPS) is 10.5. The Bertz CT molecular complexity index is 475. The number of hydrogen-bond donors (Lipinski definition) is 3. The molecular formula is C14H21N3O4. The van der Waals surface area contributed by atoms with Crippen LogP contribution in [0.1, 0.15) is 11.1 Å². The summed E-state index contributed by atoms with van der Waals surface area (Å²) < 4.78 is 9.81. The largest absolute Gasteiger partial charge is 0.354 e. The molecule has 7 nitrogen and oxygen atoms in total. The lowest BCUT2D eigenvalue weighted by Crippen LogP contribution is -2.43. The third-order valence-electron chi connectivity index (χ3n) is 2.84. The first-order valence-electron chi connectivity index (χ1n) is 6.50. The van der Waals surface area contributed by atoms with Crippen LogP contribution in [0, 0.1) is 0 Å². The maximum absolute atomic E-state index is 11.6. The van der Waals surface area contributed by atoms with Crippen molar-refractivity contribution in [2.75, 3.05) is 20.8 Å². The summed E-state index contributed by atoms with van der Waals surface area (Å²) in [6.45, 7) is 0.789. The minimum Gasteiger partial charge on any atom is -0.354 e. The number of amides is 2. The molecule has 0 saturated carbocycles. The van der Waals surface area contributed by atoms with Gasteiger partial charge >= 0.3 is 11.8 Å². The molecule has 116 valence electrons. The van der Waals surface area contributed by atoms with E-state index in [1.807, 2.05) is 24.3 Å². The summed E-state index contributed by atoms with van der Waals surface area (Å²) in [7, 11) is 2.90. The molecular weight excluding hydrogens is 274 g/mol. The van der Waals surface area contributed by atoms with Gasteiger partial charge in [0.2, 0.25) is 0 Å². The average Bonchev–Trinajstić information content (AvgIpc) is 2.53. The minimum absolute atomic E-state index is 0.0991. The average molecular weight is 295 g/mol. The van der Waals surface area contributed by atoms with Crippen molar-refractivity contribution in [2.24, 2.45) is 5.73 Å². The molecule has 0 aliphatic rings. The zero-order valence-electron chi connectivity index (χ0n) is 12.2. The van der Waals surface area contributed by atoms with E-state index in [2.05, 4.69) is 10.6 Å². The molecule has 0 unspecified atom stereocenters. The Hall–Kier alpha value is -1.96. The van der Waals surface area contributed by atoms with Gasteiger partial charge in [0.25, 0.3) is 0 Å². The number of carbonyl (C=O) groups is 2. The number of rotatable bonds is 7. The van der Waals surface area contributed by atoms with Crippen molar-refractivity contribution in [1.29, 1.82) is 0 Å². The van der Waals surface area contributed by atoms with Gasteiger partial charge in [-0.2, -0.15) is 0 Å². The molecule has 21 heavy (non-hydrogen) atoms. The molecule has 1 rings (SSSR count). The predicted octanol–water partition coefficient (Wildman–Crippen LogP) is -0.503. The van der Waals surface area contributed by atoms with Crippen LogP contribution >= 0.6 is 0 Å². The number of methoxy groups -OCH3 is 2. The van der Waals surface area contributed by atoms with Crippen molar-refractivity contribution in [3.63, 3.8) is 0 Å². The van der Waals surface area contributed by atoms with E-state index in [9.17, 15) is 9.59 Å². The molecule has 0 aromatic heterocycles. The molecule has 4 N–H and O–H groups in total. The maximum atomic E-state index is 11.6. The zero-order chi connectivity index (χ0) is 15.7. The van der Waals surface area contributed by atoms with Gasteiger partial charge in [0.1, 0.15) is 0 Å². The maximum Gasteiger partial charge on any atom is 0.309 e. The highest BCUT2D eigenvalue weighted by Crippen LogP contribution is 2.04. The highest BCUT2D eigenvalue weighted by Gasteiger charge is 2.15. The monoisotopic (exact) mass is 295 g/mol. The number of benzene rings is 1. The van der Waals surface area contributed by atoms with Crippen LogP contribution in [0.4, 0.5) is 0 Å². The van der Waals surface area contributed by atoms with Gasteiger partial charge in [0, 0.05) is 27.3 Å². The van der Waals surface area contributed by atoms with E-state index < -0.39 is 18.1 Å². The predicted molar refractivity (Wildman–Crippen MR) is 77.0 cm³/mol. The topological polar surface area (TPSA) is 103 Å². The smallest absolute Gasteiger partial charge is 0.309 e. The SMILES string of the molecule is COC(CNC(=O)C(=O)NCc1cccc(CN)c1)OC. The van der Waals surface area contributed by atoms with Crippen LogP contribution in [-0.2, 0) is 32.2 Å². The van der Waals surface area contributed by atoms with E-state index >= 15 is 0 Å². The first kappa shape index (κ1) is 17.1. The van der Waals surface area contributed by atoms with Gasteiger partial charge in [0.15, 0.2) is 6.29 Å². The van der Waals surface area contributed by atoms with E-state index in [0.29, 0.717) is 6.54 Å². The van der Waals surface area contributed by atoms with Crippen molar-refractivity contribution < 1.29 is 19.1 Å². The Labute approximate surface area is 123 Å². The molecule has 0 bridgehead atoms. The highest BCUT2D eigenvalue weighted by molar-refractivity contribution is 6.35. The highest BCUT2D eigenvalue weighted by atomic mass is 16.7. The van der Waals surface area contributed by atoms with E-state index in [-0.39, 0.29) is 13.1 Å². The Morgan fingerprint density at radius 2 is 1.76 bits per heavy atom. The summed E-state index contributed by atoms with van der Waals surface area (Å²) in [5.74, 6) is -1.44. The summed E-state index contributed by atoms with van der Waals surface area (Å²) in [5.41, 5.74) is 7.39. The fraction of sp³-hybridized carbons (Fsp3) is 0.429. The van der Waals surface area contributed by atoms with Crippen molar-refractivity contribution in [2.45, 2.75) is 19.4 Å². The van der Waals surface area contributed by atoms with E-state index in [4.69, 9.17) is 15.2 Å². The number of hydrogen-bond acceptors (Lipinski definition) is 5. The Morgan fingerprint density at radius 3 is 2.38 bits per heavy atom. The standard InChI is InChI=1S/C14H21N3O4/c1-20-12(21-2)9-17-14(19)13(18)16-8-11-5-3-4-10(6-11)7-15/h3-6,12H,7-9,15H2,1-2H3,(H,16,18)(H,17,19). The molecule has 1 aromatic rings. The van der Waals surface area contributed by atoms with Crippen molar-refractivity contribution in [3.05, 3.63) is 35.4 Å². The summed E-state index contributed by atoms with van der Waals surface area (Å²) in [6.07, 6.45) is -0.581. The first-order chi connectivity index (χ1) is 10.1. The van der Waals surface area contributed by atoms with Crippen LogP contribution in [0.5, 0.6) is 0 Å². The number of ether oxygens (including phenoxy) is 2. The summed E-state index contributed by atoms with van der Waals surface area (Å²) in [4.78, 5) is 23.2. The lowest BCUT2D eigenvalue weighted by atomic mass is 10.1. The summed E-state index contributed by atoms with van der Waals surface area (Å²) in [6, 6.07) is 7.48. The molecule has 0 aliphatic heterocycles. The molecule has 0 fully saturated rings. The molecule has 0 radical (unpaired) electrons. The molecule has 2 amide bonds. The molecule has 7 heteroatoms. The first-order valence-corrected chi connectivity index (χ1v) is 6.50. The second-order valence-electron chi connectivity index (χ2n) is 4.32. The minimum atomic E-state index is -0.732. The summed E-state index contributed by atoms with van der Waals surface area (Å²) >= 11 is 0. The fourth-order valence-electron chi connectivity index (χ4n) is 1.65. The quantitative estimate of drug-likeness (QED) is 0.465. The van der Waals surface area contributed by atoms with Crippen LogP contribution in [0.25, 0.3) is 0 Å². The molecule has 1 aromatic carbocycles. The zero-order valence-corrected chi connectivity index (χ0v) is 12.2. The molecule has 0 spiro atoms. The van der Waals surface area contributed by atoms with E-state index in [1.54, 1.807) is 0 Å². The van der Waals surface area contributed by atoms with E-state index in [1.165, 1.54) is 14.2 Å². The van der Waals surface area contributed by atoms with Gasteiger partial charge in [-0.25, -0.2) is 0 Å². The second kappa shape index (κ2) is 9.06. The van der Waals surface area contributed by atoms with Crippen molar-refractivity contribution >= 4 is 11.8 Å². The fourth-order valence-corrected chi connectivity index (χ4v) is 1.65. The lowest BCUT2D eigenvalue weighted by molar-refractivity contribution is -0.141. The van der Waals surface area contributed by atoms with Gasteiger partial charge in [-0.15, -0.1) is 0 Å². The number of carbonyl (C=O) groups excluding carboxylic acids is 2. The third-order valence-corrected chi connectivity index (χ3v) is 2.84. The Morgan fingerprint density at radius 1 is 1.14 bits per heavy atom. The van der Waals surface area contributed by atoms with Crippen LogP contribution < -0.4 is 16.4 Å². The number of nitrogens with two attached hydrogens (primary N) is 1. The number of nitrogens with one attached hydrogen (secondary N) is 2. The van der Waals surface area contributed by atoms with Crippen molar-refractivity contribution in [3.8, 4) is 0 Å². The van der Waals surface area contributed by atoms with Gasteiger partial charge in [-0.05, 0) is 11.1 Å². The summed E-state index contributed by atoms with van der Waals surface area (Å²) in [5, 5.41) is 4.96. The molecule has 0 aliphatic carbocycles.